The summed E-state index contributed by atoms with van der Waals surface area (Å²) in [5, 5.41) is 2.18. The Hall–Kier alpha value is -2.78. The molecule has 0 aliphatic heterocycles. The average molecular weight is 377 g/mol. The fourth-order valence-electron chi connectivity index (χ4n) is 2.00. The zero-order chi connectivity index (χ0) is 19.7. The number of pyridine rings is 1. The van der Waals surface area contributed by atoms with Gasteiger partial charge in [0.25, 0.3) is 5.91 Å². The van der Waals surface area contributed by atoms with Crippen LogP contribution in [0.3, 0.4) is 0 Å². The van der Waals surface area contributed by atoms with E-state index in [2.05, 4.69) is 10.3 Å². The number of aromatic nitrogens is 1. The van der Waals surface area contributed by atoms with Crippen molar-refractivity contribution in [2.75, 3.05) is 24.3 Å². The molecule has 1 aromatic heterocycles. The maximum atomic E-state index is 12.8. The van der Waals surface area contributed by atoms with E-state index >= 15 is 0 Å². The summed E-state index contributed by atoms with van der Waals surface area (Å²) in [6.07, 6.45) is -8.66. The Morgan fingerprint density at radius 1 is 0.962 bits per heavy atom. The molecule has 4 nitrogen and oxygen atoms in total. The molecule has 0 spiro atoms. The first kappa shape index (κ1) is 19.5. The van der Waals surface area contributed by atoms with Crippen LogP contribution in [0.1, 0.15) is 21.5 Å². The summed E-state index contributed by atoms with van der Waals surface area (Å²) in [6.45, 7) is 0. The summed E-state index contributed by atoms with van der Waals surface area (Å²) in [5.41, 5.74) is -3.20. The topological polar surface area (TPSA) is 45.2 Å². The summed E-state index contributed by atoms with van der Waals surface area (Å²) < 4.78 is 77.0. The van der Waals surface area contributed by atoms with Gasteiger partial charge >= 0.3 is 12.4 Å². The second-order valence-corrected chi connectivity index (χ2v) is 5.54. The zero-order valence-electron chi connectivity index (χ0n) is 13.5. The summed E-state index contributed by atoms with van der Waals surface area (Å²) in [4.78, 5) is 17.7. The van der Waals surface area contributed by atoms with Crippen LogP contribution < -0.4 is 10.2 Å². The maximum absolute atomic E-state index is 12.8. The van der Waals surface area contributed by atoms with Gasteiger partial charge in [0, 0.05) is 19.7 Å². The number of hydrogen-bond acceptors (Lipinski definition) is 3. The molecule has 1 heterocycles. The van der Waals surface area contributed by atoms with E-state index in [4.69, 9.17) is 0 Å². The van der Waals surface area contributed by atoms with Gasteiger partial charge in [0.05, 0.1) is 23.0 Å². The Morgan fingerprint density at radius 2 is 1.50 bits per heavy atom. The molecule has 0 saturated carbocycles. The van der Waals surface area contributed by atoms with E-state index in [1.165, 1.54) is 12.3 Å². The van der Waals surface area contributed by atoms with Gasteiger partial charge in [-0.15, -0.1) is 0 Å². The van der Waals surface area contributed by atoms with Crippen LogP contribution in [-0.2, 0) is 12.4 Å². The first-order chi connectivity index (χ1) is 11.9. The van der Waals surface area contributed by atoms with Gasteiger partial charge in [0.1, 0.15) is 5.82 Å². The lowest BCUT2D eigenvalue weighted by Gasteiger charge is -2.14. The van der Waals surface area contributed by atoms with Crippen molar-refractivity contribution >= 4 is 17.4 Å². The number of hydrogen-bond donors (Lipinski definition) is 1. The van der Waals surface area contributed by atoms with Gasteiger partial charge in [-0.3, -0.25) is 4.79 Å². The third kappa shape index (κ3) is 4.64. The van der Waals surface area contributed by atoms with Crippen molar-refractivity contribution in [1.29, 1.82) is 0 Å². The molecule has 2 rings (SSSR count). The highest BCUT2D eigenvalue weighted by Crippen LogP contribution is 2.36. The van der Waals surface area contributed by atoms with E-state index in [1.807, 2.05) is 0 Å². The quantitative estimate of drug-likeness (QED) is 0.805. The first-order valence-corrected chi connectivity index (χ1v) is 7.12. The largest absolute Gasteiger partial charge is 0.416 e. The number of carbonyl (C=O) groups is 1. The molecule has 1 N–H and O–H groups in total. The average Bonchev–Trinajstić information content (AvgIpc) is 2.53. The van der Waals surface area contributed by atoms with E-state index in [-0.39, 0.29) is 11.9 Å². The second-order valence-electron chi connectivity index (χ2n) is 5.54. The number of alkyl halides is 6. The van der Waals surface area contributed by atoms with Crippen molar-refractivity contribution in [3.63, 3.8) is 0 Å². The Morgan fingerprint density at radius 3 is 1.88 bits per heavy atom. The fraction of sp³-hybridized carbons (Fsp3) is 0.250. The molecular formula is C16H13F6N3O. The molecule has 10 heteroatoms. The van der Waals surface area contributed by atoms with Crippen molar-refractivity contribution in [3.8, 4) is 0 Å². The lowest BCUT2D eigenvalue weighted by atomic mass is 10.0. The summed E-state index contributed by atoms with van der Waals surface area (Å²) >= 11 is 0. The van der Waals surface area contributed by atoms with Crippen molar-refractivity contribution in [2.24, 2.45) is 0 Å². The van der Waals surface area contributed by atoms with Gasteiger partial charge in [-0.25, -0.2) is 4.98 Å². The maximum Gasteiger partial charge on any atom is 0.416 e. The van der Waals surface area contributed by atoms with E-state index in [0.29, 0.717) is 17.8 Å². The van der Waals surface area contributed by atoms with Crippen LogP contribution in [0.4, 0.5) is 37.8 Å². The van der Waals surface area contributed by atoms with Gasteiger partial charge in [-0.1, -0.05) is 0 Å². The van der Waals surface area contributed by atoms with E-state index in [1.54, 1.807) is 25.1 Å². The summed E-state index contributed by atoms with van der Waals surface area (Å²) in [7, 11) is 3.49. The number of nitrogens with one attached hydrogen (secondary N) is 1. The number of rotatable bonds is 3. The van der Waals surface area contributed by atoms with Crippen molar-refractivity contribution in [1.82, 2.24) is 4.98 Å². The smallest absolute Gasteiger partial charge is 0.376 e. The molecule has 0 aliphatic rings. The van der Waals surface area contributed by atoms with Crippen molar-refractivity contribution in [2.45, 2.75) is 12.4 Å². The lowest BCUT2D eigenvalue weighted by Crippen LogP contribution is -2.18. The molecule has 0 fully saturated rings. The molecule has 26 heavy (non-hydrogen) atoms. The van der Waals surface area contributed by atoms with Crippen LogP contribution in [0.5, 0.6) is 0 Å². The van der Waals surface area contributed by atoms with E-state index in [9.17, 15) is 31.1 Å². The molecule has 0 bridgehead atoms. The Kier molecular flexibility index (Phi) is 5.15. The monoisotopic (exact) mass is 377 g/mol. The Balaban J connectivity index is 2.35. The van der Waals surface area contributed by atoms with Crippen molar-refractivity contribution in [3.05, 3.63) is 53.2 Å². The van der Waals surface area contributed by atoms with Gasteiger partial charge in [0.2, 0.25) is 0 Å². The molecule has 0 saturated heterocycles. The molecule has 0 atom stereocenters. The van der Waals surface area contributed by atoms with Crippen LogP contribution in [0.2, 0.25) is 0 Å². The highest BCUT2D eigenvalue weighted by atomic mass is 19.4. The molecule has 0 radical (unpaired) electrons. The number of amides is 1. The SMILES string of the molecule is CN(C)c1ccc(NC(=O)c2cc(C(F)(F)F)cc(C(F)(F)F)c2)nc1. The highest BCUT2D eigenvalue weighted by Gasteiger charge is 2.37. The van der Waals surface area contributed by atoms with Gasteiger partial charge in [0.15, 0.2) is 0 Å². The fourth-order valence-corrected chi connectivity index (χ4v) is 2.00. The Bertz CT molecular complexity index is 765. The molecule has 1 amide bonds. The highest BCUT2D eigenvalue weighted by molar-refractivity contribution is 6.04. The second kappa shape index (κ2) is 6.85. The van der Waals surface area contributed by atoms with Crippen LogP contribution >= 0.6 is 0 Å². The molecule has 140 valence electrons. The predicted octanol–water partition coefficient (Wildman–Crippen LogP) is 4.44. The van der Waals surface area contributed by atoms with Gasteiger partial charge in [-0.2, -0.15) is 26.3 Å². The Labute approximate surface area is 144 Å². The van der Waals surface area contributed by atoms with Crippen molar-refractivity contribution < 1.29 is 31.1 Å². The number of carbonyl (C=O) groups excluding carboxylic acids is 1. The number of halogens is 6. The molecule has 1 aromatic carbocycles. The zero-order valence-corrected chi connectivity index (χ0v) is 13.5. The minimum atomic E-state index is -5.03. The molecule has 0 unspecified atom stereocenters. The molecule has 2 aromatic rings. The first-order valence-electron chi connectivity index (χ1n) is 7.12. The standard InChI is InChI=1S/C16H13F6N3O/c1-25(2)12-3-4-13(23-8-12)24-14(26)9-5-10(15(17,18)19)7-11(6-9)16(20,21)22/h3-8H,1-2H3,(H,23,24,26). The van der Waals surface area contributed by atoms with E-state index in [0.717, 1.165) is 0 Å². The third-order valence-corrected chi connectivity index (χ3v) is 3.36. The van der Waals surface area contributed by atoms with Crippen LogP contribution in [0, 0.1) is 0 Å². The minimum Gasteiger partial charge on any atom is -0.376 e. The predicted molar refractivity (Wildman–Crippen MR) is 83.0 cm³/mol. The normalized spacial score (nSPS) is 12.0. The van der Waals surface area contributed by atoms with Crippen LogP contribution in [0.15, 0.2) is 36.5 Å². The van der Waals surface area contributed by atoms with Gasteiger partial charge in [-0.05, 0) is 30.3 Å². The van der Waals surface area contributed by atoms with E-state index < -0.39 is 35.0 Å². The number of benzene rings is 1. The van der Waals surface area contributed by atoms with Crippen LogP contribution in [-0.4, -0.2) is 25.0 Å². The number of nitrogens with zero attached hydrogens (tertiary/aromatic N) is 2. The van der Waals surface area contributed by atoms with Crippen LogP contribution in [0.25, 0.3) is 0 Å². The number of anilines is 2. The molecule has 0 aliphatic carbocycles. The lowest BCUT2D eigenvalue weighted by molar-refractivity contribution is -0.143. The minimum absolute atomic E-state index is 0.00781. The third-order valence-electron chi connectivity index (χ3n) is 3.36. The summed E-state index contributed by atoms with van der Waals surface area (Å²) in [5.74, 6) is -1.14. The van der Waals surface area contributed by atoms with Gasteiger partial charge < -0.3 is 10.2 Å². The summed E-state index contributed by atoms with van der Waals surface area (Å²) in [6, 6.07) is 3.64. The molecular weight excluding hydrogens is 364 g/mol.